The summed E-state index contributed by atoms with van der Waals surface area (Å²) in [7, 11) is 1.54. The first kappa shape index (κ1) is 21.3. The number of aliphatic hydroxyl groups excluding tert-OH is 1. The van der Waals surface area contributed by atoms with Crippen LogP contribution in [0.3, 0.4) is 0 Å². The van der Waals surface area contributed by atoms with E-state index in [0.717, 1.165) is 33.3 Å². The Morgan fingerprint density at radius 1 is 1.38 bits per heavy atom. The number of aromatic nitrogens is 2. The van der Waals surface area contributed by atoms with E-state index in [-0.39, 0.29) is 19.1 Å². The summed E-state index contributed by atoms with van der Waals surface area (Å²) in [5.74, 6) is -0.760. The standard InChI is InChI=1S/C19H27N5O4S/c1-5-6-21-18-16(17(26)20-4)15(19(27)24-8-12(25)9-28-24)14(29-18)7-13-10(2)22-23-11(13)3/h12,21,25H,5-9H2,1-4H3,(H,20,26)(H,22,23)/t12-/m0/s1. The number of hydrogen-bond donors (Lipinski definition) is 4. The van der Waals surface area contributed by atoms with Gasteiger partial charge in [0.1, 0.15) is 17.7 Å². The van der Waals surface area contributed by atoms with Gasteiger partial charge in [-0.1, -0.05) is 6.92 Å². The molecule has 0 bridgehead atoms. The third-order valence-corrected chi connectivity index (χ3v) is 5.98. The fourth-order valence-electron chi connectivity index (χ4n) is 3.27. The summed E-state index contributed by atoms with van der Waals surface area (Å²) in [5, 5.41) is 24.7. The van der Waals surface area contributed by atoms with E-state index in [9.17, 15) is 14.7 Å². The summed E-state index contributed by atoms with van der Waals surface area (Å²) >= 11 is 1.39. The number of aliphatic hydroxyl groups is 1. The third kappa shape index (κ3) is 4.29. The molecule has 1 aliphatic rings. The number of aromatic amines is 1. The van der Waals surface area contributed by atoms with Crippen LogP contribution in [0.15, 0.2) is 0 Å². The number of β-amino-alcohol motifs (C(OH)–C–C–N with tert-alkyl or cyclic N) is 1. The van der Waals surface area contributed by atoms with Crippen LogP contribution in [-0.4, -0.2) is 65.0 Å². The van der Waals surface area contributed by atoms with E-state index in [0.29, 0.717) is 29.1 Å². The number of aryl methyl sites for hydroxylation is 2. The van der Waals surface area contributed by atoms with Gasteiger partial charge in [0.05, 0.1) is 23.4 Å². The summed E-state index contributed by atoms with van der Waals surface area (Å²) < 4.78 is 0. The van der Waals surface area contributed by atoms with Crippen molar-refractivity contribution in [1.82, 2.24) is 20.6 Å². The number of carbonyl (C=O) groups is 2. The number of nitrogens with one attached hydrogen (secondary N) is 3. The number of nitrogens with zero attached hydrogens (tertiary/aromatic N) is 2. The number of amides is 2. The summed E-state index contributed by atoms with van der Waals surface area (Å²) in [6.07, 6.45) is 0.611. The number of rotatable bonds is 7. The van der Waals surface area contributed by atoms with Gasteiger partial charge in [0.2, 0.25) is 0 Å². The number of thiophene rings is 1. The number of anilines is 1. The monoisotopic (exact) mass is 421 g/mol. The number of hydrogen-bond acceptors (Lipinski definition) is 7. The Hall–Kier alpha value is -2.43. The molecule has 158 valence electrons. The molecule has 2 amide bonds. The average Bonchev–Trinajstić information content (AvgIpc) is 3.38. The van der Waals surface area contributed by atoms with Gasteiger partial charge in [-0.2, -0.15) is 5.10 Å². The van der Waals surface area contributed by atoms with Crippen molar-refractivity contribution < 1.29 is 19.5 Å². The van der Waals surface area contributed by atoms with Crippen LogP contribution in [0.4, 0.5) is 5.00 Å². The molecule has 0 unspecified atom stereocenters. The number of hydroxylamine groups is 2. The van der Waals surface area contributed by atoms with Crippen LogP contribution in [0.25, 0.3) is 0 Å². The minimum absolute atomic E-state index is 0.0570. The Labute approximate surface area is 173 Å². The van der Waals surface area contributed by atoms with Crippen LogP contribution in [-0.2, 0) is 11.3 Å². The molecule has 3 rings (SSSR count). The predicted octanol–water partition coefficient (Wildman–Crippen LogP) is 1.61. The highest BCUT2D eigenvalue weighted by molar-refractivity contribution is 7.17. The zero-order valence-corrected chi connectivity index (χ0v) is 17.9. The molecule has 1 aliphatic heterocycles. The predicted molar refractivity (Wildman–Crippen MR) is 110 cm³/mol. The van der Waals surface area contributed by atoms with E-state index in [4.69, 9.17) is 4.84 Å². The van der Waals surface area contributed by atoms with Crippen molar-refractivity contribution in [2.75, 3.05) is 32.1 Å². The molecule has 1 atom stereocenters. The topological polar surface area (TPSA) is 120 Å². The van der Waals surface area contributed by atoms with Gasteiger partial charge in [0.25, 0.3) is 11.8 Å². The van der Waals surface area contributed by atoms with Gasteiger partial charge in [-0.3, -0.25) is 19.5 Å². The molecule has 29 heavy (non-hydrogen) atoms. The van der Waals surface area contributed by atoms with Crippen LogP contribution in [0.2, 0.25) is 0 Å². The smallest absolute Gasteiger partial charge is 0.279 e. The molecule has 0 aromatic carbocycles. The molecule has 3 heterocycles. The van der Waals surface area contributed by atoms with Gasteiger partial charge in [-0.25, -0.2) is 5.06 Å². The molecular weight excluding hydrogens is 394 g/mol. The second-order valence-corrected chi connectivity index (χ2v) is 8.12. The number of H-pyrrole nitrogens is 1. The van der Waals surface area contributed by atoms with Crippen LogP contribution in [0.5, 0.6) is 0 Å². The maximum Gasteiger partial charge on any atom is 0.279 e. The molecule has 4 N–H and O–H groups in total. The minimum atomic E-state index is -0.736. The molecule has 10 heteroatoms. The fourth-order valence-corrected chi connectivity index (χ4v) is 4.49. The molecule has 0 saturated carbocycles. The molecule has 0 radical (unpaired) electrons. The first-order valence-corrected chi connectivity index (χ1v) is 10.4. The zero-order valence-electron chi connectivity index (χ0n) is 17.1. The van der Waals surface area contributed by atoms with Crippen LogP contribution < -0.4 is 10.6 Å². The van der Waals surface area contributed by atoms with E-state index in [1.807, 2.05) is 20.8 Å². The quantitative estimate of drug-likeness (QED) is 0.539. The summed E-state index contributed by atoms with van der Waals surface area (Å²) in [5.41, 5.74) is 3.39. The van der Waals surface area contributed by atoms with Crippen molar-refractivity contribution in [2.45, 2.75) is 39.7 Å². The summed E-state index contributed by atoms with van der Waals surface area (Å²) in [4.78, 5) is 32.1. The molecule has 2 aromatic heterocycles. The van der Waals surface area contributed by atoms with E-state index in [1.165, 1.54) is 18.4 Å². The maximum atomic E-state index is 13.3. The summed E-state index contributed by atoms with van der Waals surface area (Å²) in [6, 6.07) is 0. The fraction of sp³-hybridized carbons (Fsp3) is 0.526. The molecule has 0 aliphatic carbocycles. The van der Waals surface area contributed by atoms with Crippen molar-refractivity contribution >= 4 is 28.2 Å². The third-order valence-electron chi connectivity index (χ3n) is 4.83. The van der Waals surface area contributed by atoms with Crippen molar-refractivity contribution in [3.8, 4) is 0 Å². The zero-order chi connectivity index (χ0) is 21.1. The van der Waals surface area contributed by atoms with Gasteiger partial charge in [-0.15, -0.1) is 11.3 Å². The van der Waals surface area contributed by atoms with E-state index in [1.54, 1.807) is 0 Å². The van der Waals surface area contributed by atoms with E-state index in [2.05, 4.69) is 20.8 Å². The highest BCUT2D eigenvalue weighted by atomic mass is 32.1. The lowest BCUT2D eigenvalue weighted by molar-refractivity contribution is -0.0780. The lowest BCUT2D eigenvalue weighted by atomic mass is 10.0. The van der Waals surface area contributed by atoms with Crippen LogP contribution in [0.1, 0.15) is 55.9 Å². The Bertz CT molecular complexity index is 887. The van der Waals surface area contributed by atoms with Gasteiger partial charge in [0, 0.05) is 36.1 Å². The molecular formula is C19H27N5O4S. The maximum absolute atomic E-state index is 13.3. The lowest BCUT2D eigenvalue weighted by Crippen LogP contribution is -2.31. The Balaban J connectivity index is 2.10. The average molecular weight is 422 g/mol. The van der Waals surface area contributed by atoms with Gasteiger partial charge in [-0.05, 0) is 20.3 Å². The van der Waals surface area contributed by atoms with Gasteiger partial charge in [0.15, 0.2) is 0 Å². The molecule has 1 saturated heterocycles. The number of carbonyl (C=O) groups excluding carboxylic acids is 2. The Morgan fingerprint density at radius 3 is 2.69 bits per heavy atom. The van der Waals surface area contributed by atoms with Crippen LogP contribution >= 0.6 is 11.3 Å². The summed E-state index contributed by atoms with van der Waals surface area (Å²) in [6.45, 7) is 6.68. The first-order valence-electron chi connectivity index (χ1n) is 9.62. The molecule has 9 nitrogen and oxygen atoms in total. The lowest BCUT2D eigenvalue weighted by Gasteiger charge is -2.16. The Morgan fingerprint density at radius 2 is 2.14 bits per heavy atom. The van der Waals surface area contributed by atoms with Gasteiger partial charge >= 0.3 is 0 Å². The van der Waals surface area contributed by atoms with Crippen molar-refractivity contribution in [3.63, 3.8) is 0 Å². The highest BCUT2D eigenvalue weighted by Crippen LogP contribution is 2.37. The van der Waals surface area contributed by atoms with Crippen molar-refractivity contribution in [3.05, 3.63) is 33.0 Å². The first-order chi connectivity index (χ1) is 13.9. The van der Waals surface area contributed by atoms with Crippen LogP contribution in [0, 0.1) is 13.8 Å². The molecule has 1 fully saturated rings. The largest absolute Gasteiger partial charge is 0.389 e. The second-order valence-electron chi connectivity index (χ2n) is 7.02. The SMILES string of the molecule is CCCNc1sc(Cc2c(C)n[nH]c2C)c(C(=O)N2C[C@H](O)CO2)c1C(=O)NC. The second kappa shape index (κ2) is 8.93. The molecule has 0 spiro atoms. The van der Waals surface area contributed by atoms with Gasteiger partial charge < -0.3 is 15.7 Å². The Kier molecular flexibility index (Phi) is 6.56. The molecule has 2 aromatic rings. The normalized spacial score (nSPS) is 16.3. The van der Waals surface area contributed by atoms with E-state index >= 15 is 0 Å². The minimum Gasteiger partial charge on any atom is -0.389 e. The van der Waals surface area contributed by atoms with E-state index < -0.39 is 12.0 Å². The highest BCUT2D eigenvalue weighted by Gasteiger charge is 2.34. The van der Waals surface area contributed by atoms with Crippen molar-refractivity contribution in [2.24, 2.45) is 0 Å². The van der Waals surface area contributed by atoms with Crippen molar-refractivity contribution in [1.29, 1.82) is 0 Å².